The van der Waals surface area contributed by atoms with Crippen molar-refractivity contribution < 1.29 is 18.0 Å². The van der Waals surface area contributed by atoms with E-state index >= 15 is 0 Å². The average Bonchev–Trinajstić information content (AvgIpc) is 2.47. The van der Waals surface area contributed by atoms with Crippen LogP contribution in [0.15, 0.2) is 18.3 Å². The summed E-state index contributed by atoms with van der Waals surface area (Å²) in [5, 5.41) is 5.37. The molecule has 1 aromatic rings. The molecule has 2 rings (SSSR count). The first kappa shape index (κ1) is 16.7. The van der Waals surface area contributed by atoms with Crippen LogP contribution in [-0.4, -0.2) is 60.7 Å². The van der Waals surface area contributed by atoms with Crippen molar-refractivity contribution in [3.63, 3.8) is 0 Å². The van der Waals surface area contributed by atoms with E-state index in [9.17, 15) is 18.0 Å². The molecule has 0 aliphatic carbocycles. The lowest BCUT2D eigenvalue weighted by Gasteiger charge is -2.35. The minimum absolute atomic E-state index is 0.256. The molecule has 1 aromatic heterocycles. The highest BCUT2D eigenvalue weighted by Gasteiger charge is 2.43. The van der Waals surface area contributed by atoms with Crippen molar-refractivity contribution in [2.24, 2.45) is 0 Å². The summed E-state index contributed by atoms with van der Waals surface area (Å²) in [4.78, 5) is 17.2. The van der Waals surface area contributed by atoms with E-state index in [1.165, 1.54) is 11.1 Å². The highest BCUT2D eigenvalue weighted by Crippen LogP contribution is 2.24. The molecule has 1 aliphatic rings. The highest BCUT2D eigenvalue weighted by molar-refractivity contribution is 5.93. The molecule has 1 unspecified atom stereocenters. The lowest BCUT2D eigenvalue weighted by molar-refractivity contribution is -0.183. The first-order valence-corrected chi connectivity index (χ1v) is 7.10. The van der Waals surface area contributed by atoms with E-state index in [1.54, 1.807) is 19.1 Å². The monoisotopic (exact) mass is 316 g/mol. The van der Waals surface area contributed by atoms with Crippen LogP contribution in [0.2, 0.25) is 0 Å². The number of carbonyl (C=O) groups is 1. The number of piperazine rings is 1. The van der Waals surface area contributed by atoms with Crippen LogP contribution in [0.25, 0.3) is 0 Å². The SMILES string of the molecule is Cc1ccc(C(=O)NCC(N2CCNCC2)C(F)(F)F)cn1. The Kier molecular flexibility index (Phi) is 5.36. The number of nitrogens with zero attached hydrogens (tertiary/aromatic N) is 2. The zero-order valence-corrected chi connectivity index (χ0v) is 12.3. The van der Waals surface area contributed by atoms with E-state index in [2.05, 4.69) is 15.6 Å². The number of aromatic nitrogens is 1. The van der Waals surface area contributed by atoms with Crippen molar-refractivity contribution in [2.45, 2.75) is 19.1 Å². The van der Waals surface area contributed by atoms with E-state index in [0.717, 1.165) is 5.69 Å². The average molecular weight is 316 g/mol. The number of hydrogen-bond acceptors (Lipinski definition) is 4. The van der Waals surface area contributed by atoms with Crippen LogP contribution in [0.4, 0.5) is 13.2 Å². The molecule has 22 heavy (non-hydrogen) atoms. The van der Waals surface area contributed by atoms with Gasteiger partial charge in [0.15, 0.2) is 0 Å². The predicted octanol–water partition coefficient (Wildman–Crippen LogP) is 0.956. The normalized spacial score (nSPS) is 18.0. The molecule has 0 radical (unpaired) electrons. The van der Waals surface area contributed by atoms with Crippen molar-refractivity contribution >= 4 is 5.91 Å². The van der Waals surface area contributed by atoms with Crippen molar-refractivity contribution in [2.75, 3.05) is 32.7 Å². The van der Waals surface area contributed by atoms with Crippen LogP contribution in [0, 0.1) is 6.92 Å². The van der Waals surface area contributed by atoms with Gasteiger partial charge in [0.05, 0.1) is 5.56 Å². The topological polar surface area (TPSA) is 57.3 Å². The van der Waals surface area contributed by atoms with Crippen LogP contribution in [-0.2, 0) is 0 Å². The largest absolute Gasteiger partial charge is 0.405 e. The third-order valence-electron chi connectivity index (χ3n) is 3.60. The van der Waals surface area contributed by atoms with Gasteiger partial charge >= 0.3 is 6.18 Å². The minimum Gasteiger partial charge on any atom is -0.350 e. The summed E-state index contributed by atoms with van der Waals surface area (Å²) < 4.78 is 39.6. The molecule has 0 aromatic carbocycles. The summed E-state index contributed by atoms with van der Waals surface area (Å²) in [6.07, 6.45) is -3.02. The third-order valence-corrected chi connectivity index (χ3v) is 3.60. The molecule has 1 atom stereocenters. The first-order chi connectivity index (χ1) is 10.4. The second kappa shape index (κ2) is 7.06. The van der Waals surface area contributed by atoms with Crippen LogP contribution in [0.5, 0.6) is 0 Å². The summed E-state index contributed by atoms with van der Waals surface area (Å²) >= 11 is 0. The van der Waals surface area contributed by atoms with Crippen LogP contribution in [0.1, 0.15) is 16.1 Å². The Bertz CT molecular complexity index is 498. The molecule has 1 aliphatic heterocycles. The fourth-order valence-electron chi connectivity index (χ4n) is 2.34. The van der Waals surface area contributed by atoms with Gasteiger partial charge in [-0.05, 0) is 19.1 Å². The van der Waals surface area contributed by atoms with E-state index in [4.69, 9.17) is 0 Å². The second-order valence-electron chi connectivity index (χ2n) is 5.24. The lowest BCUT2D eigenvalue weighted by atomic mass is 10.2. The van der Waals surface area contributed by atoms with Gasteiger partial charge in [0, 0.05) is 44.6 Å². The quantitative estimate of drug-likeness (QED) is 0.869. The Hall–Kier alpha value is -1.67. The molecule has 8 heteroatoms. The number of pyridine rings is 1. The molecule has 1 saturated heterocycles. The zero-order valence-electron chi connectivity index (χ0n) is 12.3. The summed E-state index contributed by atoms with van der Waals surface area (Å²) in [7, 11) is 0. The van der Waals surface area contributed by atoms with Gasteiger partial charge < -0.3 is 10.6 Å². The maximum atomic E-state index is 13.2. The standard InChI is InChI=1S/C14H19F3N4O/c1-10-2-3-11(8-19-10)13(22)20-9-12(14(15,16)17)21-6-4-18-5-7-21/h2-3,8,12,18H,4-7,9H2,1H3,(H,20,22). The maximum Gasteiger partial charge on any atom is 0.405 e. The number of carbonyl (C=O) groups excluding carboxylic acids is 1. The first-order valence-electron chi connectivity index (χ1n) is 7.10. The molecule has 0 spiro atoms. The number of rotatable bonds is 4. The van der Waals surface area contributed by atoms with E-state index in [-0.39, 0.29) is 5.56 Å². The summed E-state index contributed by atoms with van der Waals surface area (Å²) in [5.74, 6) is -0.545. The van der Waals surface area contributed by atoms with Gasteiger partial charge in [-0.1, -0.05) is 0 Å². The van der Waals surface area contributed by atoms with Gasteiger partial charge in [0.1, 0.15) is 6.04 Å². The fourth-order valence-corrected chi connectivity index (χ4v) is 2.34. The van der Waals surface area contributed by atoms with Gasteiger partial charge in [-0.25, -0.2) is 0 Å². The molecular formula is C14H19F3N4O. The molecule has 5 nitrogen and oxygen atoms in total. The van der Waals surface area contributed by atoms with Crippen LogP contribution in [0.3, 0.4) is 0 Å². The van der Waals surface area contributed by atoms with Crippen molar-refractivity contribution in [1.29, 1.82) is 0 Å². The molecule has 2 N–H and O–H groups in total. The smallest absolute Gasteiger partial charge is 0.350 e. The lowest BCUT2D eigenvalue weighted by Crippen LogP contribution is -2.57. The van der Waals surface area contributed by atoms with E-state index in [0.29, 0.717) is 26.2 Å². The Morgan fingerprint density at radius 3 is 2.64 bits per heavy atom. The third kappa shape index (κ3) is 4.41. The number of aryl methyl sites for hydroxylation is 1. The molecule has 122 valence electrons. The maximum absolute atomic E-state index is 13.2. The molecule has 1 amide bonds. The number of hydrogen-bond donors (Lipinski definition) is 2. The Balaban J connectivity index is 1.98. The molecule has 0 bridgehead atoms. The fraction of sp³-hybridized carbons (Fsp3) is 0.571. The summed E-state index contributed by atoms with van der Waals surface area (Å²) in [6.45, 7) is 2.96. The van der Waals surface area contributed by atoms with Gasteiger partial charge in [-0.2, -0.15) is 13.2 Å². The van der Waals surface area contributed by atoms with E-state index < -0.39 is 24.7 Å². The highest BCUT2D eigenvalue weighted by atomic mass is 19.4. The molecular weight excluding hydrogens is 297 g/mol. The van der Waals surface area contributed by atoms with Gasteiger partial charge in [-0.15, -0.1) is 0 Å². The van der Waals surface area contributed by atoms with E-state index in [1.807, 2.05) is 0 Å². The number of amides is 1. The molecule has 2 heterocycles. The predicted molar refractivity (Wildman–Crippen MR) is 75.6 cm³/mol. The Morgan fingerprint density at radius 2 is 2.09 bits per heavy atom. The molecule has 1 fully saturated rings. The second-order valence-corrected chi connectivity index (χ2v) is 5.24. The molecule has 0 saturated carbocycles. The summed E-state index contributed by atoms with van der Waals surface area (Å²) in [5.41, 5.74) is 0.998. The van der Waals surface area contributed by atoms with Crippen molar-refractivity contribution in [3.05, 3.63) is 29.6 Å². The Labute approximate surface area is 126 Å². The number of alkyl halides is 3. The number of nitrogens with one attached hydrogen (secondary N) is 2. The number of halogens is 3. The van der Waals surface area contributed by atoms with Gasteiger partial charge in [0.2, 0.25) is 0 Å². The van der Waals surface area contributed by atoms with Gasteiger partial charge in [0.25, 0.3) is 5.91 Å². The Morgan fingerprint density at radius 1 is 1.41 bits per heavy atom. The van der Waals surface area contributed by atoms with Crippen LogP contribution >= 0.6 is 0 Å². The minimum atomic E-state index is -4.38. The van der Waals surface area contributed by atoms with Gasteiger partial charge in [-0.3, -0.25) is 14.7 Å². The van der Waals surface area contributed by atoms with Crippen molar-refractivity contribution in [3.8, 4) is 0 Å². The summed E-state index contributed by atoms with van der Waals surface area (Å²) in [6, 6.07) is 1.52. The van der Waals surface area contributed by atoms with Crippen molar-refractivity contribution in [1.82, 2.24) is 20.5 Å². The zero-order chi connectivity index (χ0) is 16.2. The van der Waals surface area contributed by atoms with Crippen LogP contribution < -0.4 is 10.6 Å².